The van der Waals surface area contributed by atoms with Gasteiger partial charge in [0.1, 0.15) is 17.2 Å². The lowest BCUT2D eigenvalue weighted by Gasteiger charge is -2.15. The molecule has 0 fully saturated rings. The van der Waals surface area contributed by atoms with E-state index >= 15 is 0 Å². The van der Waals surface area contributed by atoms with Crippen molar-refractivity contribution in [3.8, 4) is 28.0 Å². The first-order valence-corrected chi connectivity index (χ1v) is 8.63. The molecule has 1 aromatic carbocycles. The number of halogens is 1. The second-order valence-electron chi connectivity index (χ2n) is 4.64. The van der Waals surface area contributed by atoms with Crippen LogP contribution in [0.15, 0.2) is 28.3 Å². The molecule has 2 aromatic heterocycles. The molecule has 0 saturated carbocycles. The number of benzene rings is 1. The Morgan fingerprint density at radius 3 is 2.43 bits per heavy atom. The number of methoxy groups -OCH3 is 2. The van der Waals surface area contributed by atoms with Crippen molar-refractivity contribution in [2.24, 2.45) is 0 Å². The number of thiazole rings is 1. The van der Waals surface area contributed by atoms with Crippen LogP contribution >= 0.6 is 27.3 Å². The summed E-state index contributed by atoms with van der Waals surface area (Å²) in [4.78, 5) is 4.60. The van der Waals surface area contributed by atoms with Gasteiger partial charge in [0.05, 0.1) is 19.9 Å². The fourth-order valence-corrected chi connectivity index (χ4v) is 3.53. The molecule has 0 aliphatic carbocycles. The van der Waals surface area contributed by atoms with E-state index in [-0.39, 0.29) is 0 Å². The van der Waals surface area contributed by atoms with E-state index in [0.717, 1.165) is 22.8 Å². The quantitative estimate of drug-likeness (QED) is 0.659. The first kappa shape index (κ1) is 15.9. The summed E-state index contributed by atoms with van der Waals surface area (Å²) in [5.74, 6) is 1.97. The maximum absolute atomic E-state index is 5.49. The van der Waals surface area contributed by atoms with Gasteiger partial charge in [0.2, 0.25) is 4.73 Å². The van der Waals surface area contributed by atoms with Gasteiger partial charge in [-0.25, -0.2) is 4.98 Å². The van der Waals surface area contributed by atoms with Crippen molar-refractivity contribution in [2.75, 3.05) is 14.2 Å². The van der Waals surface area contributed by atoms with Crippen molar-refractivity contribution in [1.29, 1.82) is 0 Å². The predicted octanol–water partition coefficient (Wildman–Crippen LogP) is 3.73. The zero-order chi connectivity index (χ0) is 16.4. The topological polar surface area (TPSA) is 62.1 Å². The van der Waals surface area contributed by atoms with Crippen LogP contribution < -0.4 is 9.47 Å². The van der Waals surface area contributed by atoms with E-state index in [9.17, 15) is 0 Å². The van der Waals surface area contributed by atoms with E-state index in [4.69, 9.17) is 9.47 Å². The van der Waals surface area contributed by atoms with Crippen molar-refractivity contribution in [1.82, 2.24) is 19.7 Å². The van der Waals surface area contributed by atoms with E-state index in [0.29, 0.717) is 22.1 Å². The lowest BCUT2D eigenvalue weighted by atomic mass is 10.2. The molecule has 3 rings (SSSR count). The third kappa shape index (κ3) is 2.84. The highest BCUT2D eigenvalue weighted by Crippen LogP contribution is 2.37. The summed E-state index contributed by atoms with van der Waals surface area (Å²) in [7, 11) is 3.24. The molecule has 0 amide bonds. The molecule has 0 aliphatic heterocycles. The standard InChI is InChI=1S/C15H15BrN4O2S/c1-4-9-8-23-14(17-9)13-18-19-15(16)20(13)12-10(21-2)6-5-7-11(12)22-3/h5-8H,4H2,1-3H3. The molecule has 3 aromatic rings. The van der Waals surface area contributed by atoms with Gasteiger partial charge in [-0.05, 0) is 34.5 Å². The third-order valence-corrected chi connectivity index (χ3v) is 4.75. The smallest absolute Gasteiger partial charge is 0.205 e. The van der Waals surface area contributed by atoms with Crippen molar-refractivity contribution < 1.29 is 9.47 Å². The van der Waals surface area contributed by atoms with Crippen molar-refractivity contribution in [3.05, 3.63) is 34.0 Å². The van der Waals surface area contributed by atoms with E-state index in [1.165, 1.54) is 11.3 Å². The van der Waals surface area contributed by atoms with Crippen LogP contribution in [0.4, 0.5) is 0 Å². The number of hydrogen-bond donors (Lipinski definition) is 0. The van der Waals surface area contributed by atoms with Gasteiger partial charge in [-0.15, -0.1) is 21.5 Å². The summed E-state index contributed by atoms with van der Waals surface area (Å²) in [6, 6.07) is 5.61. The second kappa shape index (κ2) is 6.67. The molecular weight excluding hydrogens is 380 g/mol. The molecule has 0 aliphatic rings. The monoisotopic (exact) mass is 394 g/mol. The molecule has 6 nitrogen and oxygen atoms in total. The average Bonchev–Trinajstić information content (AvgIpc) is 3.20. The zero-order valence-corrected chi connectivity index (χ0v) is 15.3. The zero-order valence-electron chi connectivity index (χ0n) is 12.9. The number of para-hydroxylation sites is 1. The molecule has 0 saturated heterocycles. The van der Waals surface area contributed by atoms with Crippen molar-refractivity contribution in [2.45, 2.75) is 13.3 Å². The van der Waals surface area contributed by atoms with E-state index in [1.807, 2.05) is 28.1 Å². The lowest BCUT2D eigenvalue weighted by molar-refractivity contribution is 0.391. The normalized spacial score (nSPS) is 10.8. The van der Waals surface area contributed by atoms with Crippen LogP contribution in [-0.2, 0) is 6.42 Å². The molecule has 0 bridgehead atoms. The summed E-state index contributed by atoms with van der Waals surface area (Å²) < 4.78 is 13.4. The lowest BCUT2D eigenvalue weighted by Crippen LogP contribution is -2.03. The highest BCUT2D eigenvalue weighted by Gasteiger charge is 2.22. The van der Waals surface area contributed by atoms with E-state index in [2.05, 4.69) is 38.0 Å². The first-order chi connectivity index (χ1) is 11.2. The molecule has 0 atom stereocenters. The SMILES string of the molecule is CCc1csc(-c2nnc(Br)n2-c2c(OC)cccc2OC)n1. The minimum absolute atomic E-state index is 0.559. The molecule has 8 heteroatoms. The summed E-state index contributed by atoms with van der Waals surface area (Å²) in [5, 5.41) is 11.2. The van der Waals surface area contributed by atoms with Crippen LogP contribution in [-0.4, -0.2) is 34.0 Å². The van der Waals surface area contributed by atoms with E-state index in [1.54, 1.807) is 14.2 Å². The molecule has 120 valence electrons. The van der Waals surface area contributed by atoms with Gasteiger partial charge in [0, 0.05) is 5.38 Å². The summed E-state index contributed by atoms with van der Waals surface area (Å²) in [6.45, 7) is 2.07. The molecular formula is C15H15BrN4O2S. The van der Waals surface area contributed by atoms with Gasteiger partial charge in [-0.3, -0.25) is 4.57 Å². The van der Waals surface area contributed by atoms with E-state index < -0.39 is 0 Å². The Kier molecular flexibility index (Phi) is 4.63. The molecule has 2 heterocycles. The van der Waals surface area contributed by atoms with Crippen LogP contribution in [0.5, 0.6) is 11.5 Å². The number of ether oxygens (including phenoxy) is 2. The Balaban J connectivity index is 2.24. The molecule has 0 radical (unpaired) electrons. The molecule has 0 spiro atoms. The van der Waals surface area contributed by atoms with Crippen LogP contribution in [0.3, 0.4) is 0 Å². The van der Waals surface area contributed by atoms with Crippen LogP contribution in [0.1, 0.15) is 12.6 Å². The minimum Gasteiger partial charge on any atom is -0.494 e. The fourth-order valence-electron chi connectivity index (χ4n) is 2.23. The van der Waals surface area contributed by atoms with Crippen molar-refractivity contribution >= 4 is 27.3 Å². The number of aromatic nitrogens is 4. The minimum atomic E-state index is 0.559. The summed E-state index contributed by atoms with van der Waals surface area (Å²) in [5.41, 5.74) is 1.76. The number of aryl methyl sites for hydroxylation is 1. The number of rotatable bonds is 5. The average molecular weight is 395 g/mol. The Bertz CT molecular complexity index is 808. The Hall–Kier alpha value is -1.93. The largest absolute Gasteiger partial charge is 0.494 e. The maximum Gasteiger partial charge on any atom is 0.205 e. The van der Waals surface area contributed by atoms with Gasteiger partial charge in [-0.2, -0.15) is 0 Å². The van der Waals surface area contributed by atoms with Crippen molar-refractivity contribution in [3.63, 3.8) is 0 Å². The predicted molar refractivity (Wildman–Crippen MR) is 92.6 cm³/mol. The third-order valence-electron chi connectivity index (χ3n) is 3.35. The van der Waals surface area contributed by atoms with Gasteiger partial charge in [0.15, 0.2) is 10.8 Å². The van der Waals surface area contributed by atoms with Crippen LogP contribution in [0, 0.1) is 0 Å². The van der Waals surface area contributed by atoms with Gasteiger partial charge >= 0.3 is 0 Å². The highest BCUT2D eigenvalue weighted by molar-refractivity contribution is 9.10. The Morgan fingerprint density at radius 2 is 1.87 bits per heavy atom. The van der Waals surface area contributed by atoms with Gasteiger partial charge in [-0.1, -0.05) is 13.0 Å². The maximum atomic E-state index is 5.49. The Labute approximate surface area is 146 Å². The second-order valence-corrected chi connectivity index (χ2v) is 6.20. The highest BCUT2D eigenvalue weighted by atomic mass is 79.9. The Morgan fingerprint density at radius 1 is 1.17 bits per heavy atom. The summed E-state index contributed by atoms with van der Waals surface area (Å²) in [6.07, 6.45) is 0.879. The van der Waals surface area contributed by atoms with Crippen LogP contribution in [0.25, 0.3) is 16.5 Å². The first-order valence-electron chi connectivity index (χ1n) is 6.96. The summed E-state index contributed by atoms with van der Waals surface area (Å²) >= 11 is 5.00. The molecule has 0 unspecified atom stereocenters. The number of hydrogen-bond acceptors (Lipinski definition) is 6. The molecule has 23 heavy (non-hydrogen) atoms. The number of nitrogens with zero attached hydrogens (tertiary/aromatic N) is 4. The van der Waals surface area contributed by atoms with Gasteiger partial charge < -0.3 is 9.47 Å². The molecule has 0 N–H and O–H groups in total. The van der Waals surface area contributed by atoms with Gasteiger partial charge in [0.25, 0.3) is 0 Å². The fraction of sp³-hybridized carbons (Fsp3) is 0.267. The van der Waals surface area contributed by atoms with Crippen LogP contribution in [0.2, 0.25) is 0 Å².